The molecule has 0 N–H and O–H groups in total. The van der Waals surface area contributed by atoms with Gasteiger partial charge in [0.1, 0.15) is 5.65 Å². The molecule has 9 aromatic carbocycles. The fraction of sp³-hybridized carbons (Fsp3) is 0.0323. The molecule has 0 unspecified atom stereocenters. The Kier molecular flexibility index (Phi) is 10.2. The predicted molar refractivity (Wildman–Crippen MR) is 278 cm³/mol. The van der Waals surface area contributed by atoms with Crippen molar-refractivity contribution >= 4 is 82.5 Å². The van der Waals surface area contributed by atoms with Gasteiger partial charge in [-0.2, -0.15) is 12.1 Å². The maximum Gasteiger partial charge on any atom is 0.143 e. The Bertz CT molecular complexity index is 3970. The van der Waals surface area contributed by atoms with Gasteiger partial charge in [-0.25, -0.2) is 4.98 Å². The Morgan fingerprint density at radius 3 is 1.75 bits per heavy atom. The number of anilines is 4. The van der Waals surface area contributed by atoms with Crippen molar-refractivity contribution in [2.45, 2.75) is 13.8 Å². The van der Waals surface area contributed by atoms with Gasteiger partial charge in [0.2, 0.25) is 0 Å². The summed E-state index contributed by atoms with van der Waals surface area (Å²) in [5, 5.41) is 9.04. The molecule has 13 rings (SSSR count). The molecule has 6 heteroatoms. The summed E-state index contributed by atoms with van der Waals surface area (Å²) in [6.45, 7) is 6.53. The summed E-state index contributed by atoms with van der Waals surface area (Å²) >= 11 is 0. The van der Waals surface area contributed by atoms with E-state index in [2.05, 4.69) is 223 Å². The molecule has 3 aromatic heterocycles. The summed E-state index contributed by atoms with van der Waals surface area (Å²) in [6.07, 6.45) is 1.88. The molecule has 1 aliphatic rings. The maximum atomic E-state index is 6.79. The standard InChI is InChI=1S/C62H41N4O.Pt/c1-40-34-41(2)36-43(35-40)48-25-13-24-47(42-16-4-3-5-17-42)60(48)65-39-64(57-29-10-11-30-58(57)65)44-18-12-19-45(37-44)67-46-31-32-53-55-27-14-26-54-51-22-8-6-20-49(51)50-21-7-9-23-52(50)56-28-15-33-63-62(56)66(61(54)55)59(53)38-46;/h3-36,39H,1-2H3;/q-3;. The van der Waals surface area contributed by atoms with E-state index in [9.17, 15) is 0 Å². The van der Waals surface area contributed by atoms with E-state index in [0.717, 1.165) is 83.1 Å². The second kappa shape index (κ2) is 16.7. The number of fused-ring (bicyclic) bond motifs is 11. The van der Waals surface area contributed by atoms with Crippen molar-refractivity contribution in [1.82, 2.24) is 9.38 Å². The molecule has 0 atom stereocenters. The summed E-state index contributed by atoms with van der Waals surface area (Å²) in [5.74, 6) is 1.17. The number of aryl methyl sites for hydroxylation is 2. The Morgan fingerprint density at radius 1 is 0.456 bits per heavy atom. The molecule has 0 fully saturated rings. The van der Waals surface area contributed by atoms with E-state index in [1.54, 1.807) is 0 Å². The van der Waals surface area contributed by atoms with Gasteiger partial charge in [-0.15, -0.1) is 48.1 Å². The third-order valence-electron chi connectivity index (χ3n) is 13.2. The molecule has 0 bridgehead atoms. The van der Waals surface area contributed by atoms with E-state index >= 15 is 0 Å². The second-order valence-electron chi connectivity index (χ2n) is 17.4. The summed E-state index contributed by atoms with van der Waals surface area (Å²) < 4.78 is 9.07. The zero-order chi connectivity index (χ0) is 44.6. The van der Waals surface area contributed by atoms with Crippen LogP contribution in [-0.4, -0.2) is 9.38 Å². The number of hydrogen-bond donors (Lipinski definition) is 0. The molecule has 328 valence electrons. The van der Waals surface area contributed by atoms with Crippen molar-refractivity contribution in [3.8, 4) is 33.8 Å². The Balaban J connectivity index is 0.00000480. The molecular formula is C62H41N4OPt-3. The first kappa shape index (κ1) is 41.4. The van der Waals surface area contributed by atoms with E-state index in [4.69, 9.17) is 9.72 Å². The van der Waals surface area contributed by atoms with E-state index in [1.807, 2.05) is 30.5 Å². The third-order valence-corrected chi connectivity index (χ3v) is 13.2. The first-order valence-corrected chi connectivity index (χ1v) is 22.7. The number of hydrogen-bond acceptors (Lipinski definition) is 4. The van der Waals surface area contributed by atoms with Crippen LogP contribution in [0.5, 0.6) is 11.5 Å². The van der Waals surface area contributed by atoms with Gasteiger partial charge in [0.15, 0.2) is 0 Å². The zero-order valence-corrected chi connectivity index (χ0v) is 39.5. The van der Waals surface area contributed by atoms with E-state index < -0.39 is 0 Å². The van der Waals surface area contributed by atoms with Gasteiger partial charge in [0.25, 0.3) is 0 Å². The first-order chi connectivity index (χ1) is 33.1. The van der Waals surface area contributed by atoms with Crippen LogP contribution in [0.25, 0.3) is 82.0 Å². The molecule has 0 aliphatic carbocycles. The second-order valence-corrected chi connectivity index (χ2v) is 17.4. The average molecular weight is 1050 g/mol. The van der Waals surface area contributed by atoms with Crippen LogP contribution in [0.3, 0.4) is 0 Å². The number of para-hydroxylation sites is 4. The Morgan fingerprint density at radius 2 is 1.01 bits per heavy atom. The quantitative estimate of drug-likeness (QED) is 0.155. The van der Waals surface area contributed by atoms with Crippen molar-refractivity contribution in [3.05, 3.63) is 236 Å². The van der Waals surface area contributed by atoms with Crippen LogP contribution < -0.4 is 14.5 Å². The van der Waals surface area contributed by atoms with Crippen LogP contribution in [0, 0.1) is 32.6 Å². The van der Waals surface area contributed by atoms with Gasteiger partial charge in [-0.1, -0.05) is 162 Å². The van der Waals surface area contributed by atoms with E-state index in [1.165, 1.54) is 32.8 Å². The summed E-state index contributed by atoms with van der Waals surface area (Å²) in [5.41, 5.74) is 14.0. The molecule has 12 aromatic rings. The number of pyridine rings is 1. The summed E-state index contributed by atoms with van der Waals surface area (Å²) in [6, 6.07) is 78.5. The number of aromatic nitrogens is 2. The average Bonchev–Trinajstić information content (AvgIpc) is 3.93. The molecule has 4 heterocycles. The van der Waals surface area contributed by atoms with Crippen LogP contribution in [0.15, 0.2) is 206 Å². The van der Waals surface area contributed by atoms with Crippen molar-refractivity contribution in [1.29, 1.82) is 0 Å². The van der Waals surface area contributed by atoms with Crippen LogP contribution in [0.4, 0.5) is 22.7 Å². The van der Waals surface area contributed by atoms with Crippen LogP contribution in [0.2, 0.25) is 0 Å². The van der Waals surface area contributed by atoms with Crippen molar-refractivity contribution in [2.75, 3.05) is 9.80 Å². The monoisotopic (exact) mass is 1050 g/mol. The summed E-state index contributed by atoms with van der Waals surface area (Å²) in [4.78, 5) is 9.67. The van der Waals surface area contributed by atoms with Gasteiger partial charge in [0, 0.05) is 83.2 Å². The predicted octanol–water partition coefficient (Wildman–Crippen LogP) is 16.4. The van der Waals surface area contributed by atoms with Crippen molar-refractivity contribution in [2.24, 2.45) is 0 Å². The van der Waals surface area contributed by atoms with Gasteiger partial charge < -0.3 is 18.9 Å². The maximum absolute atomic E-state index is 6.79. The third kappa shape index (κ3) is 6.76. The first-order valence-electron chi connectivity index (χ1n) is 22.7. The fourth-order valence-electron chi connectivity index (χ4n) is 10.4. The molecule has 5 nitrogen and oxygen atoms in total. The van der Waals surface area contributed by atoms with Gasteiger partial charge in [0.05, 0.1) is 0 Å². The molecular weight excluding hydrogens is 1010 g/mol. The van der Waals surface area contributed by atoms with Crippen molar-refractivity contribution in [3.63, 3.8) is 0 Å². The Hall–Kier alpha value is -7.98. The van der Waals surface area contributed by atoms with E-state index in [-0.39, 0.29) is 21.1 Å². The number of nitrogens with zero attached hydrogens (tertiary/aromatic N) is 4. The molecule has 1 aliphatic heterocycles. The molecule has 0 saturated carbocycles. The van der Waals surface area contributed by atoms with Gasteiger partial charge >= 0.3 is 0 Å². The van der Waals surface area contributed by atoms with Crippen molar-refractivity contribution < 1.29 is 25.8 Å². The minimum absolute atomic E-state index is 0. The van der Waals surface area contributed by atoms with Gasteiger partial charge in [-0.3, -0.25) is 0 Å². The topological polar surface area (TPSA) is 33.0 Å². The van der Waals surface area contributed by atoms with Crippen LogP contribution in [0.1, 0.15) is 11.1 Å². The Labute approximate surface area is 409 Å². The number of rotatable bonds is 6. The minimum atomic E-state index is 0. The van der Waals surface area contributed by atoms with Gasteiger partial charge in [-0.05, 0) is 76.2 Å². The SMILES string of the molecule is Cc1cc(C)cc(-c2cccc(-c3ccccc3)c2N2[CH-]N(c3[c-]c(Oc4[c-]c5c(cc4)c4cccc6c7ccccc7c7ccccc7c7cccnc7n5c64)ccc3)c3ccccc32)c1.[Pt]. The molecule has 0 radical (unpaired) electrons. The molecule has 0 amide bonds. The fourth-order valence-corrected chi connectivity index (χ4v) is 10.4. The largest absolute Gasteiger partial charge is 0.509 e. The van der Waals surface area contributed by atoms with Crippen LogP contribution >= 0.6 is 0 Å². The molecule has 0 saturated heterocycles. The van der Waals surface area contributed by atoms with E-state index in [0.29, 0.717) is 11.5 Å². The summed E-state index contributed by atoms with van der Waals surface area (Å²) in [7, 11) is 0. The molecule has 0 spiro atoms. The molecule has 68 heavy (non-hydrogen) atoms. The number of benzene rings is 9. The minimum Gasteiger partial charge on any atom is -0.509 e. The smallest absolute Gasteiger partial charge is 0.143 e. The zero-order valence-electron chi connectivity index (χ0n) is 37.2. The number of ether oxygens (including phenoxy) is 1. The van der Waals surface area contributed by atoms with Crippen LogP contribution in [-0.2, 0) is 21.1 Å². The normalized spacial score (nSPS) is 12.3.